The Hall–Kier alpha value is -2.74. The third-order valence-corrected chi connectivity index (χ3v) is 3.72. The van der Waals surface area contributed by atoms with E-state index in [2.05, 4.69) is 9.98 Å². The molecule has 0 amide bonds. The molecule has 0 atom stereocenters. The van der Waals surface area contributed by atoms with Gasteiger partial charge in [-0.05, 0) is 26.2 Å². The molecule has 25 heavy (non-hydrogen) atoms. The highest BCUT2D eigenvalue weighted by atomic mass is 19.2. The molecule has 0 saturated carbocycles. The molecule has 1 aliphatic carbocycles. The Balaban J connectivity index is 1.97. The van der Waals surface area contributed by atoms with Gasteiger partial charge in [-0.15, -0.1) is 0 Å². The molecule has 1 aromatic heterocycles. The largest absolute Gasteiger partial charge is 0.432 e. The van der Waals surface area contributed by atoms with Crippen molar-refractivity contribution in [2.45, 2.75) is 6.42 Å². The number of hydrogen-bond acceptors (Lipinski definition) is 6. The number of fused-ring (bicyclic) bond motifs is 1. The summed E-state index contributed by atoms with van der Waals surface area (Å²) in [5.41, 5.74) is -0.335. The first kappa shape index (κ1) is 17.1. The second-order valence-electron chi connectivity index (χ2n) is 5.86. The standard InChI is InChI=1S/C17H15F2N3O3/c1-22(2)7-6-20-11-8-12(23)14-16(15(11)24)25-17(21-14)9-4-3-5-10(18)13(9)19/h3-5H,6-8H2,1-2H3. The summed E-state index contributed by atoms with van der Waals surface area (Å²) in [7, 11) is 3.73. The molecule has 2 aromatic rings. The maximum Gasteiger partial charge on any atom is 0.244 e. The van der Waals surface area contributed by atoms with Crippen molar-refractivity contribution in [1.29, 1.82) is 0 Å². The van der Waals surface area contributed by atoms with E-state index in [-0.39, 0.29) is 35.0 Å². The van der Waals surface area contributed by atoms with E-state index in [4.69, 9.17) is 4.42 Å². The molecule has 6 nitrogen and oxygen atoms in total. The van der Waals surface area contributed by atoms with Crippen LogP contribution in [0.25, 0.3) is 11.5 Å². The second-order valence-corrected chi connectivity index (χ2v) is 5.86. The molecule has 0 aliphatic heterocycles. The van der Waals surface area contributed by atoms with Gasteiger partial charge in [0.25, 0.3) is 0 Å². The highest BCUT2D eigenvalue weighted by molar-refractivity contribution is 6.51. The minimum atomic E-state index is -1.15. The summed E-state index contributed by atoms with van der Waals surface area (Å²) in [6.07, 6.45) is -0.184. The topological polar surface area (TPSA) is 75.8 Å². The molecule has 8 heteroatoms. The quantitative estimate of drug-likeness (QED) is 0.849. The van der Waals surface area contributed by atoms with Crippen LogP contribution in [-0.2, 0) is 0 Å². The first-order valence-electron chi connectivity index (χ1n) is 7.59. The van der Waals surface area contributed by atoms with Crippen molar-refractivity contribution in [2.24, 2.45) is 4.99 Å². The normalized spacial score (nSPS) is 16.0. The number of oxazole rings is 1. The molecular weight excluding hydrogens is 332 g/mol. The zero-order chi connectivity index (χ0) is 18.1. The van der Waals surface area contributed by atoms with Crippen LogP contribution in [0.15, 0.2) is 27.6 Å². The lowest BCUT2D eigenvalue weighted by Gasteiger charge is -2.10. The van der Waals surface area contributed by atoms with Gasteiger partial charge in [0.05, 0.1) is 24.2 Å². The van der Waals surface area contributed by atoms with Gasteiger partial charge in [-0.25, -0.2) is 13.8 Å². The fourth-order valence-corrected chi connectivity index (χ4v) is 2.41. The Morgan fingerprint density at radius 3 is 2.76 bits per heavy atom. The van der Waals surface area contributed by atoms with Crippen LogP contribution in [0, 0.1) is 11.6 Å². The minimum Gasteiger partial charge on any atom is -0.432 e. The fourth-order valence-electron chi connectivity index (χ4n) is 2.41. The smallest absolute Gasteiger partial charge is 0.244 e. The average Bonchev–Trinajstić information content (AvgIpc) is 3.00. The number of aromatic nitrogens is 1. The highest BCUT2D eigenvalue weighted by Crippen LogP contribution is 2.29. The third kappa shape index (κ3) is 3.25. The third-order valence-electron chi connectivity index (χ3n) is 3.72. The maximum atomic E-state index is 13.9. The Morgan fingerprint density at radius 1 is 1.28 bits per heavy atom. The van der Waals surface area contributed by atoms with Crippen LogP contribution < -0.4 is 0 Å². The number of hydrogen-bond donors (Lipinski definition) is 0. The molecule has 3 rings (SSSR count). The number of nitrogens with zero attached hydrogens (tertiary/aromatic N) is 3. The first-order chi connectivity index (χ1) is 11.9. The summed E-state index contributed by atoms with van der Waals surface area (Å²) in [5.74, 6) is -3.80. The van der Waals surface area contributed by atoms with Crippen molar-refractivity contribution >= 4 is 17.3 Å². The number of likely N-dealkylation sites (N-methyl/N-ethyl adjacent to an activating group) is 1. The molecule has 0 unspecified atom stereocenters. The van der Waals surface area contributed by atoms with Crippen molar-refractivity contribution in [3.05, 3.63) is 41.3 Å². The maximum absolute atomic E-state index is 13.9. The van der Waals surface area contributed by atoms with Gasteiger partial charge in [-0.3, -0.25) is 14.6 Å². The Kier molecular flexibility index (Phi) is 4.54. The minimum absolute atomic E-state index is 0.0850. The molecule has 130 valence electrons. The van der Waals surface area contributed by atoms with Crippen molar-refractivity contribution in [1.82, 2.24) is 9.88 Å². The lowest BCUT2D eigenvalue weighted by Crippen LogP contribution is -2.27. The van der Waals surface area contributed by atoms with E-state index in [1.165, 1.54) is 12.1 Å². The van der Waals surface area contributed by atoms with Crippen molar-refractivity contribution in [2.75, 3.05) is 27.2 Å². The lowest BCUT2D eigenvalue weighted by molar-refractivity contribution is 0.0949. The number of ketones is 2. The Morgan fingerprint density at radius 2 is 2.04 bits per heavy atom. The number of Topliss-reactive ketones (excluding diaryl/α,β-unsaturated/α-hetero) is 2. The van der Waals surface area contributed by atoms with Crippen LogP contribution in [0.2, 0.25) is 0 Å². The van der Waals surface area contributed by atoms with E-state index in [0.29, 0.717) is 13.1 Å². The number of rotatable bonds is 4. The molecular formula is C17H15F2N3O3. The molecule has 0 bridgehead atoms. The van der Waals surface area contributed by atoms with Gasteiger partial charge in [0.1, 0.15) is 0 Å². The summed E-state index contributed by atoms with van der Waals surface area (Å²) in [6, 6.07) is 3.50. The summed E-state index contributed by atoms with van der Waals surface area (Å²) >= 11 is 0. The molecule has 1 aromatic carbocycles. The van der Waals surface area contributed by atoms with Gasteiger partial charge in [-0.1, -0.05) is 6.07 Å². The van der Waals surface area contributed by atoms with Crippen molar-refractivity contribution in [3.63, 3.8) is 0 Å². The summed E-state index contributed by atoms with van der Waals surface area (Å²) in [6.45, 7) is 0.976. The predicted octanol–water partition coefficient (Wildman–Crippen LogP) is 2.39. The first-order valence-corrected chi connectivity index (χ1v) is 7.59. The summed E-state index contributed by atoms with van der Waals surface area (Å²) in [4.78, 5) is 34.6. The highest BCUT2D eigenvalue weighted by Gasteiger charge is 2.35. The number of aliphatic imine (C=N–C) groups is 1. The molecule has 0 radical (unpaired) electrons. The van der Waals surface area contributed by atoms with E-state index in [1.54, 1.807) is 0 Å². The van der Waals surface area contributed by atoms with E-state index < -0.39 is 23.2 Å². The monoisotopic (exact) mass is 347 g/mol. The van der Waals surface area contributed by atoms with Crippen LogP contribution in [0.5, 0.6) is 0 Å². The van der Waals surface area contributed by atoms with Gasteiger partial charge in [-0.2, -0.15) is 0 Å². The number of benzene rings is 1. The van der Waals surface area contributed by atoms with Crippen LogP contribution in [0.4, 0.5) is 8.78 Å². The van der Waals surface area contributed by atoms with E-state index in [9.17, 15) is 18.4 Å². The van der Waals surface area contributed by atoms with E-state index >= 15 is 0 Å². The SMILES string of the molecule is CN(C)CCN=C1CC(=O)c2nc(-c3cccc(F)c3F)oc2C1=O. The fraction of sp³-hybridized carbons (Fsp3) is 0.294. The zero-order valence-electron chi connectivity index (χ0n) is 13.7. The predicted molar refractivity (Wildman–Crippen MR) is 86.0 cm³/mol. The number of carbonyl (C=O) groups is 2. The number of carbonyl (C=O) groups excluding carboxylic acids is 2. The summed E-state index contributed by atoms with van der Waals surface area (Å²) in [5, 5.41) is 0. The van der Waals surface area contributed by atoms with Crippen molar-refractivity contribution in [3.8, 4) is 11.5 Å². The van der Waals surface area contributed by atoms with Gasteiger partial charge >= 0.3 is 0 Å². The van der Waals surface area contributed by atoms with E-state index in [1.807, 2.05) is 19.0 Å². The molecule has 0 fully saturated rings. The van der Waals surface area contributed by atoms with Gasteiger partial charge in [0.2, 0.25) is 17.4 Å². The van der Waals surface area contributed by atoms with Crippen LogP contribution >= 0.6 is 0 Å². The van der Waals surface area contributed by atoms with Crippen LogP contribution in [0.3, 0.4) is 0 Å². The van der Waals surface area contributed by atoms with E-state index in [0.717, 1.165) is 6.07 Å². The Labute approximate surface area is 142 Å². The molecule has 1 aliphatic rings. The number of halogens is 2. The average molecular weight is 347 g/mol. The summed E-state index contributed by atoms with van der Waals surface area (Å²) < 4.78 is 32.5. The van der Waals surface area contributed by atoms with Crippen LogP contribution in [-0.4, -0.2) is 54.3 Å². The van der Waals surface area contributed by atoms with Gasteiger partial charge < -0.3 is 9.32 Å². The van der Waals surface area contributed by atoms with Gasteiger partial charge in [0.15, 0.2) is 23.1 Å². The molecule has 0 spiro atoms. The second kappa shape index (κ2) is 6.64. The van der Waals surface area contributed by atoms with Crippen LogP contribution in [0.1, 0.15) is 27.5 Å². The Bertz CT molecular complexity index is 887. The lowest BCUT2D eigenvalue weighted by atomic mass is 9.97. The van der Waals surface area contributed by atoms with Crippen molar-refractivity contribution < 1.29 is 22.8 Å². The molecule has 1 heterocycles. The van der Waals surface area contributed by atoms with Gasteiger partial charge in [0, 0.05) is 6.54 Å². The molecule has 0 saturated heterocycles. The molecule has 0 N–H and O–H groups in total. The zero-order valence-corrected chi connectivity index (χ0v) is 13.7.